The number of carbonyl (C=O) groups excluding carboxylic acids is 1. The number of rotatable bonds is 7. The number of hydrogen-bond acceptors (Lipinski definition) is 5. The van der Waals surface area contributed by atoms with Gasteiger partial charge in [0, 0.05) is 6.54 Å². The third-order valence-corrected chi connectivity index (χ3v) is 6.07. The number of esters is 1. The normalized spacial score (nSPS) is 20.1. The van der Waals surface area contributed by atoms with Gasteiger partial charge >= 0.3 is 5.97 Å². The molecule has 2 aliphatic carbocycles. The molecule has 0 aliphatic heterocycles. The molecule has 0 saturated heterocycles. The lowest BCUT2D eigenvalue weighted by Gasteiger charge is -2.43. The van der Waals surface area contributed by atoms with Crippen molar-refractivity contribution in [2.24, 2.45) is 11.3 Å². The molecule has 0 heterocycles. The first-order valence-electron chi connectivity index (χ1n) is 10.2. The van der Waals surface area contributed by atoms with Gasteiger partial charge in [0.05, 0.1) is 5.41 Å². The van der Waals surface area contributed by atoms with E-state index >= 15 is 0 Å². The predicted octanol–water partition coefficient (Wildman–Crippen LogP) is 4.05. The molecule has 2 aliphatic rings. The maximum absolute atomic E-state index is 12.9. The fourth-order valence-electron chi connectivity index (χ4n) is 4.57. The number of carbonyl (C=O) groups is 1. The second-order valence-electron chi connectivity index (χ2n) is 7.45. The SMILES string of the molecule is CCN(CC)CCOC(=O)C1(C2CCCCC2)CCCCC1.O=[N+]([O-])O. The van der Waals surface area contributed by atoms with Crippen LogP contribution in [-0.2, 0) is 9.53 Å². The molecular weight excluding hydrogens is 336 g/mol. The van der Waals surface area contributed by atoms with Gasteiger partial charge in [0.1, 0.15) is 6.61 Å². The lowest BCUT2D eigenvalue weighted by molar-refractivity contribution is -0.742. The Balaban J connectivity index is 0.000000765. The van der Waals surface area contributed by atoms with Crippen LogP contribution in [0.15, 0.2) is 0 Å². The predicted molar refractivity (Wildman–Crippen MR) is 99.6 cm³/mol. The van der Waals surface area contributed by atoms with Crippen molar-refractivity contribution in [2.75, 3.05) is 26.2 Å². The van der Waals surface area contributed by atoms with Crippen LogP contribution in [0, 0.1) is 21.4 Å². The van der Waals surface area contributed by atoms with Gasteiger partial charge in [-0.3, -0.25) is 4.79 Å². The number of nitrogens with zero attached hydrogens (tertiary/aromatic N) is 2. The Morgan fingerprint density at radius 2 is 1.62 bits per heavy atom. The van der Waals surface area contributed by atoms with Gasteiger partial charge in [0.15, 0.2) is 0 Å². The van der Waals surface area contributed by atoms with E-state index in [1.807, 2.05) is 0 Å². The summed E-state index contributed by atoms with van der Waals surface area (Å²) >= 11 is 0. The summed E-state index contributed by atoms with van der Waals surface area (Å²) in [5.41, 5.74) is -0.137. The molecule has 2 saturated carbocycles. The van der Waals surface area contributed by atoms with Crippen LogP contribution in [0.2, 0.25) is 0 Å². The van der Waals surface area contributed by atoms with E-state index in [0.717, 1.165) is 32.5 Å². The van der Waals surface area contributed by atoms with Gasteiger partial charge < -0.3 is 14.8 Å². The van der Waals surface area contributed by atoms with Crippen molar-refractivity contribution < 1.29 is 19.8 Å². The minimum absolute atomic E-state index is 0.131. The fourth-order valence-corrected chi connectivity index (χ4v) is 4.57. The molecule has 0 aromatic rings. The third-order valence-electron chi connectivity index (χ3n) is 6.07. The Bertz CT molecular complexity index is 410. The summed E-state index contributed by atoms with van der Waals surface area (Å²) in [5, 5.41) is 13.6. The molecule has 0 spiro atoms. The van der Waals surface area contributed by atoms with Crippen molar-refractivity contribution >= 4 is 5.97 Å². The van der Waals surface area contributed by atoms with Gasteiger partial charge in [-0.15, -0.1) is 10.1 Å². The average molecular weight is 373 g/mol. The molecular formula is C19H36N2O5. The van der Waals surface area contributed by atoms with Crippen LogP contribution in [0.1, 0.15) is 78.1 Å². The van der Waals surface area contributed by atoms with Gasteiger partial charge in [0.25, 0.3) is 5.09 Å². The van der Waals surface area contributed by atoms with Crippen LogP contribution in [0.5, 0.6) is 0 Å². The molecule has 0 bridgehead atoms. The zero-order valence-electron chi connectivity index (χ0n) is 16.5. The molecule has 0 radical (unpaired) electrons. The van der Waals surface area contributed by atoms with Crippen LogP contribution >= 0.6 is 0 Å². The molecule has 0 aromatic carbocycles. The Hall–Kier alpha value is -1.37. The Morgan fingerprint density at radius 3 is 2.12 bits per heavy atom. The van der Waals surface area contributed by atoms with Gasteiger partial charge in [-0.2, -0.15) is 0 Å². The zero-order chi connectivity index (χ0) is 19.4. The monoisotopic (exact) mass is 372 g/mol. The quantitative estimate of drug-likeness (QED) is 0.412. The van der Waals surface area contributed by atoms with Crippen LogP contribution < -0.4 is 0 Å². The maximum atomic E-state index is 12.9. The van der Waals surface area contributed by atoms with Crippen LogP contribution in [0.25, 0.3) is 0 Å². The lowest BCUT2D eigenvalue weighted by Crippen LogP contribution is -2.43. The Kier molecular flexibility index (Phi) is 10.5. The standard InChI is InChI=1S/C19H35NO2.HNO3/c1-3-20(4-2)15-16-22-18(21)19(13-9-6-10-14-19)17-11-7-5-8-12-17;2-1(3)4/h17H,3-16H2,1-2H3;(H,2,3,4). The summed E-state index contributed by atoms with van der Waals surface area (Å²) in [4.78, 5) is 23.6. The second-order valence-corrected chi connectivity index (χ2v) is 7.45. The van der Waals surface area contributed by atoms with Gasteiger partial charge in [-0.05, 0) is 44.7 Å². The molecule has 0 amide bonds. The smallest absolute Gasteiger partial charge is 0.312 e. The van der Waals surface area contributed by atoms with Gasteiger partial charge in [0.2, 0.25) is 0 Å². The first-order chi connectivity index (χ1) is 12.5. The molecule has 26 heavy (non-hydrogen) atoms. The van der Waals surface area contributed by atoms with Crippen LogP contribution in [0.3, 0.4) is 0 Å². The minimum atomic E-state index is -1.50. The highest BCUT2D eigenvalue weighted by molar-refractivity contribution is 5.77. The van der Waals surface area contributed by atoms with Crippen LogP contribution in [0.4, 0.5) is 0 Å². The number of likely N-dealkylation sites (N-methyl/N-ethyl adjacent to an activating group) is 1. The molecule has 0 unspecified atom stereocenters. The lowest BCUT2D eigenvalue weighted by atomic mass is 9.62. The summed E-state index contributed by atoms with van der Waals surface area (Å²) in [5.74, 6) is 0.716. The topological polar surface area (TPSA) is 92.9 Å². The molecule has 2 rings (SSSR count). The summed E-state index contributed by atoms with van der Waals surface area (Å²) < 4.78 is 5.79. The van der Waals surface area contributed by atoms with Crippen LogP contribution in [-0.4, -0.2) is 47.4 Å². The minimum Gasteiger partial charge on any atom is -0.464 e. The summed E-state index contributed by atoms with van der Waals surface area (Å²) in [6.07, 6.45) is 12.3. The Labute approximate surface area is 157 Å². The first-order valence-corrected chi connectivity index (χ1v) is 10.2. The van der Waals surface area contributed by atoms with Crippen molar-refractivity contribution in [1.82, 2.24) is 4.90 Å². The number of ether oxygens (including phenoxy) is 1. The molecule has 152 valence electrons. The molecule has 7 nitrogen and oxygen atoms in total. The first kappa shape index (κ1) is 22.7. The van der Waals surface area contributed by atoms with E-state index in [1.165, 1.54) is 51.4 Å². The molecule has 7 heteroatoms. The van der Waals surface area contributed by atoms with E-state index in [1.54, 1.807) is 0 Å². The average Bonchev–Trinajstić information content (AvgIpc) is 2.66. The maximum Gasteiger partial charge on any atom is 0.312 e. The summed E-state index contributed by atoms with van der Waals surface area (Å²) in [6, 6.07) is 0. The highest BCUT2D eigenvalue weighted by Gasteiger charge is 2.47. The van der Waals surface area contributed by atoms with Crippen molar-refractivity contribution in [1.29, 1.82) is 0 Å². The van der Waals surface area contributed by atoms with E-state index in [2.05, 4.69) is 18.7 Å². The number of hydrogen-bond donors (Lipinski definition) is 1. The molecule has 2 fully saturated rings. The van der Waals surface area contributed by atoms with Crippen molar-refractivity contribution in [2.45, 2.75) is 78.1 Å². The largest absolute Gasteiger partial charge is 0.464 e. The van der Waals surface area contributed by atoms with Crippen molar-refractivity contribution in [3.63, 3.8) is 0 Å². The van der Waals surface area contributed by atoms with Crippen molar-refractivity contribution in [3.8, 4) is 0 Å². The fraction of sp³-hybridized carbons (Fsp3) is 0.947. The summed E-state index contributed by atoms with van der Waals surface area (Å²) in [7, 11) is 0. The van der Waals surface area contributed by atoms with Gasteiger partial charge in [-0.25, -0.2) is 0 Å². The zero-order valence-corrected chi connectivity index (χ0v) is 16.5. The van der Waals surface area contributed by atoms with E-state index in [9.17, 15) is 4.79 Å². The highest BCUT2D eigenvalue weighted by atomic mass is 16.9. The molecule has 0 aromatic heterocycles. The molecule has 1 N–H and O–H groups in total. The van der Waals surface area contributed by atoms with E-state index in [0.29, 0.717) is 12.5 Å². The second kappa shape index (κ2) is 12.1. The highest BCUT2D eigenvalue weighted by Crippen LogP contribution is 2.49. The van der Waals surface area contributed by atoms with E-state index < -0.39 is 5.09 Å². The van der Waals surface area contributed by atoms with Crippen molar-refractivity contribution in [3.05, 3.63) is 10.1 Å². The van der Waals surface area contributed by atoms with E-state index in [4.69, 9.17) is 20.1 Å². The third kappa shape index (κ3) is 7.09. The summed E-state index contributed by atoms with van der Waals surface area (Å²) in [6.45, 7) is 7.82. The van der Waals surface area contributed by atoms with Gasteiger partial charge in [-0.1, -0.05) is 52.4 Å². The Morgan fingerprint density at radius 1 is 1.12 bits per heavy atom. The molecule has 0 atom stereocenters. The van der Waals surface area contributed by atoms with E-state index in [-0.39, 0.29) is 11.4 Å².